The molecule has 0 rings (SSSR count). The maximum Gasteiger partial charge on any atom is 0.101 e. The normalized spacial score (nSPS) is 13.2. The maximum absolute atomic E-state index is 9.33. The summed E-state index contributed by atoms with van der Waals surface area (Å²) in [6.07, 6.45) is 2.71. The van der Waals surface area contributed by atoms with Gasteiger partial charge in [-0.15, -0.1) is 0 Å². The van der Waals surface area contributed by atoms with Crippen LogP contribution in [0.5, 0.6) is 0 Å². The number of hydrogen-bond acceptors (Lipinski definition) is 3. The van der Waals surface area contributed by atoms with E-state index in [0.717, 1.165) is 25.9 Å². The maximum atomic E-state index is 9.33. The molecular weight excluding hydrogens is 168 g/mol. The quantitative estimate of drug-likeness (QED) is 0.561. The average molecular weight is 190 g/mol. The largest absolute Gasteiger partial charge is 0.388 e. The number of rotatable bonds is 9. The fourth-order valence-corrected chi connectivity index (χ4v) is 0.878. The van der Waals surface area contributed by atoms with Gasteiger partial charge in [-0.2, -0.15) is 0 Å². The van der Waals surface area contributed by atoms with Crippen LogP contribution in [-0.2, 0) is 9.47 Å². The van der Waals surface area contributed by atoms with Crippen LogP contribution in [0.15, 0.2) is 0 Å². The SMILES string of the molecule is CCCCOCC(O)COCCC. The van der Waals surface area contributed by atoms with E-state index >= 15 is 0 Å². The molecule has 0 aromatic rings. The first-order chi connectivity index (χ1) is 6.31. The van der Waals surface area contributed by atoms with Gasteiger partial charge in [0.1, 0.15) is 6.10 Å². The van der Waals surface area contributed by atoms with Crippen molar-refractivity contribution in [3.05, 3.63) is 0 Å². The van der Waals surface area contributed by atoms with Crippen LogP contribution in [-0.4, -0.2) is 37.6 Å². The molecule has 0 saturated heterocycles. The zero-order valence-electron chi connectivity index (χ0n) is 8.79. The smallest absolute Gasteiger partial charge is 0.101 e. The molecule has 1 unspecified atom stereocenters. The van der Waals surface area contributed by atoms with E-state index in [1.54, 1.807) is 0 Å². The van der Waals surface area contributed by atoms with Crippen molar-refractivity contribution in [2.24, 2.45) is 0 Å². The van der Waals surface area contributed by atoms with Crippen LogP contribution in [0, 0.1) is 0 Å². The minimum Gasteiger partial charge on any atom is -0.388 e. The number of aliphatic hydroxyl groups excluding tert-OH is 1. The molecule has 3 heteroatoms. The molecule has 0 aliphatic rings. The Morgan fingerprint density at radius 3 is 2.15 bits per heavy atom. The average Bonchev–Trinajstić information content (AvgIpc) is 2.13. The number of unbranched alkanes of at least 4 members (excludes halogenated alkanes) is 1. The number of ether oxygens (including phenoxy) is 2. The second kappa shape index (κ2) is 9.96. The highest BCUT2D eigenvalue weighted by Crippen LogP contribution is 1.92. The minimum atomic E-state index is -0.469. The third-order valence-electron chi connectivity index (χ3n) is 1.61. The fourth-order valence-electron chi connectivity index (χ4n) is 0.878. The molecule has 0 aromatic carbocycles. The monoisotopic (exact) mass is 190 g/mol. The highest BCUT2D eigenvalue weighted by molar-refractivity contribution is 4.50. The van der Waals surface area contributed by atoms with Gasteiger partial charge in [0, 0.05) is 13.2 Å². The third-order valence-corrected chi connectivity index (χ3v) is 1.61. The van der Waals surface area contributed by atoms with Gasteiger partial charge in [0.15, 0.2) is 0 Å². The fraction of sp³-hybridized carbons (Fsp3) is 1.00. The highest BCUT2D eigenvalue weighted by Gasteiger charge is 2.03. The summed E-state index contributed by atoms with van der Waals surface area (Å²) in [7, 11) is 0. The second-order valence-corrected chi connectivity index (χ2v) is 3.16. The summed E-state index contributed by atoms with van der Waals surface area (Å²) in [5, 5.41) is 9.33. The molecule has 0 bridgehead atoms. The lowest BCUT2D eigenvalue weighted by Crippen LogP contribution is -2.22. The number of aliphatic hydroxyl groups is 1. The highest BCUT2D eigenvalue weighted by atomic mass is 16.5. The first-order valence-electron chi connectivity index (χ1n) is 5.14. The van der Waals surface area contributed by atoms with E-state index in [9.17, 15) is 5.11 Å². The lowest BCUT2D eigenvalue weighted by Gasteiger charge is -2.10. The molecule has 0 fully saturated rings. The first-order valence-corrected chi connectivity index (χ1v) is 5.14. The van der Waals surface area contributed by atoms with Gasteiger partial charge in [-0.1, -0.05) is 20.3 Å². The summed E-state index contributed by atoms with van der Waals surface area (Å²) in [5.74, 6) is 0. The summed E-state index contributed by atoms with van der Waals surface area (Å²) < 4.78 is 10.4. The van der Waals surface area contributed by atoms with Crippen LogP contribution >= 0.6 is 0 Å². The first kappa shape index (κ1) is 12.9. The predicted molar refractivity (Wildman–Crippen MR) is 52.8 cm³/mol. The minimum absolute atomic E-state index is 0.389. The van der Waals surface area contributed by atoms with Crippen LogP contribution in [0.2, 0.25) is 0 Å². The van der Waals surface area contributed by atoms with Crippen LogP contribution < -0.4 is 0 Å². The Labute approximate surface area is 81.0 Å². The molecule has 0 aliphatic carbocycles. The summed E-state index contributed by atoms with van der Waals surface area (Å²) in [5.41, 5.74) is 0. The Bertz CT molecular complexity index is 96.2. The van der Waals surface area contributed by atoms with Gasteiger partial charge >= 0.3 is 0 Å². The van der Waals surface area contributed by atoms with Crippen LogP contribution in [0.25, 0.3) is 0 Å². The molecule has 0 amide bonds. The molecule has 13 heavy (non-hydrogen) atoms. The topological polar surface area (TPSA) is 38.7 Å². The van der Waals surface area contributed by atoms with Gasteiger partial charge in [-0.3, -0.25) is 0 Å². The molecule has 0 heterocycles. The summed E-state index contributed by atoms with van der Waals surface area (Å²) in [6, 6.07) is 0. The molecule has 80 valence electrons. The van der Waals surface area contributed by atoms with Gasteiger partial charge in [-0.05, 0) is 12.8 Å². The molecule has 0 spiro atoms. The molecular formula is C10H22O3. The van der Waals surface area contributed by atoms with E-state index in [0.29, 0.717) is 19.8 Å². The van der Waals surface area contributed by atoms with Crippen molar-refractivity contribution in [2.45, 2.75) is 39.2 Å². The van der Waals surface area contributed by atoms with E-state index < -0.39 is 6.10 Å². The summed E-state index contributed by atoms with van der Waals surface area (Å²) >= 11 is 0. The lowest BCUT2D eigenvalue weighted by atomic mass is 10.3. The Hall–Kier alpha value is -0.120. The van der Waals surface area contributed by atoms with E-state index in [-0.39, 0.29) is 0 Å². The lowest BCUT2D eigenvalue weighted by molar-refractivity contribution is -0.0190. The Balaban J connectivity index is 3.05. The van der Waals surface area contributed by atoms with E-state index in [4.69, 9.17) is 9.47 Å². The van der Waals surface area contributed by atoms with Gasteiger partial charge in [0.25, 0.3) is 0 Å². The van der Waals surface area contributed by atoms with Gasteiger partial charge in [0.05, 0.1) is 13.2 Å². The molecule has 0 radical (unpaired) electrons. The van der Waals surface area contributed by atoms with Gasteiger partial charge < -0.3 is 14.6 Å². The molecule has 3 nitrogen and oxygen atoms in total. The Kier molecular flexibility index (Phi) is 9.87. The Morgan fingerprint density at radius 1 is 1.00 bits per heavy atom. The van der Waals surface area contributed by atoms with Crippen LogP contribution in [0.4, 0.5) is 0 Å². The van der Waals surface area contributed by atoms with Crippen molar-refractivity contribution in [1.29, 1.82) is 0 Å². The summed E-state index contributed by atoms with van der Waals surface area (Å²) in [6.45, 7) is 6.39. The van der Waals surface area contributed by atoms with Crippen molar-refractivity contribution in [2.75, 3.05) is 26.4 Å². The summed E-state index contributed by atoms with van der Waals surface area (Å²) in [4.78, 5) is 0. The number of hydrogen-bond donors (Lipinski definition) is 1. The van der Waals surface area contributed by atoms with Crippen LogP contribution in [0.3, 0.4) is 0 Å². The van der Waals surface area contributed by atoms with E-state index in [1.807, 2.05) is 6.92 Å². The molecule has 0 saturated carbocycles. The van der Waals surface area contributed by atoms with E-state index in [2.05, 4.69) is 6.92 Å². The van der Waals surface area contributed by atoms with Crippen molar-refractivity contribution in [3.63, 3.8) is 0 Å². The zero-order chi connectivity index (χ0) is 9.94. The zero-order valence-corrected chi connectivity index (χ0v) is 8.79. The molecule has 0 aliphatic heterocycles. The van der Waals surface area contributed by atoms with Crippen molar-refractivity contribution >= 4 is 0 Å². The van der Waals surface area contributed by atoms with Gasteiger partial charge in [0.2, 0.25) is 0 Å². The van der Waals surface area contributed by atoms with E-state index in [1.165, 1.54) is 0 Å². The molecule has 1 N–H and O–H groups in total. The van der Waals surface area contributed by atoms with Crippen molar-refractivity contribution < 1.29 is 14.6 Å². The molecule has 0 aromatic heterocycles. The Morgan fingerprint density at radius 2 is 1.62 bits per heavy atom. The van der Waals surface area contributed by atoms with Crippen molar-refractivity contribution in [3.8, 4) is 0 Å². The molecule has 1 atom stereocenters. The van der Waals surface area contributed by atoms with Crippen molar-refractivity contribution in [1.82, 2.24) is 0 Å². The van der Waals surface area contributed by atoms with Gasteiger partial charge in [-0.25, -0.2) is 0 Å². The third kappa shape index (κ3) is 9.80. The predicted octanol–water partition coefficient (Wildman–Crippen LogP) is 1.59. The second-order valence-electron chi connectivity index (χ2n) is 3.16. The van der Waals surface area contributed by atoms with Crippen LogP contribution in [0.1, 0.15) is 33.1 Å². The standard InChI is InChI=1S/C10H22O3/c1-3-5-7-13-9-10(11)8-12-6-4-2/h10-11H,3-9H2,1-2H3.